The van der Waals surface area contributed by atoms with Gasteiger partial charge in [0.1, 0.15) is 11.3 Å². The Bertz CT molecular complexity index is 485. The summed E-state index contributed by atoms with van der Waals surface area (Å²) in [6, 6.07) is 8.26. The Balaban J connectivity index is 2.19. The van der Waals surface area contributed by atoms with Gasteiger partial charge in [-0.25, -0.2) is 0 Å². The molecule has 0 spiro atoms. The van der Waals surface area contributed by atoms with Crippen LogP contribution in [0.25, 0.3) is 11.0 Å². The van der Waals surface area contributed by atoms with Crippen molar-refractivity contribution >= 4 is 22.7 Å². The van der Waals surface area contributed by atoms with Gasteiger partial charge in [-0.3, -0.25) is 0 Å². The van der Waals surface area contributed by atoms with E-state index in [1.165, 1.54) is 16.7 Å². The monoisotopic (exact) mass is 219 g/mol. The van der Waals surface area contributed by atoms with E-state index in [1.54, 1.807) is 0 Å². The van der Waals surface area contributed by atoms with Crippen LogP contribution in [0.2, 0.25) is 0 Å². The molecule has 0 aliphatic carbocycles. The molecule has 2 nitrogen and oxygen atoms in total. The van der Waals surface area contributed by atoms with Crippen molar-refractivity contribution in [2.75, 3.05) is 12.3 Å². The smallest absolute Gasteiger partial charge is 0.134 e. The normalized spacial score (nSPS) is 21.3. The van der Waals surface area contributed by atoms with E-state index in [2.05, 4.69) is 24.4 Å². The number of thioether (sulfide) groups is 1. The Kier molecular flexibility index (Phi) is 2.22. The van der Waals surface area contributed by atoms with E-state index in [-0.39, 0.29) is 0 Å². The highest BCUT2D eigenvalue weighted by Crippen LogP contribution is 2.38. The maximum atomic E-state index is 5.76. The highest BCUT2D eigenvalue weighted by Gasteiger charge is 2.23. The van der Waals surface area contributed by atoms with E-state index in [0.29, 0.717) is 5.37 Å². The lowest BCUT2D eigenvalue weighted by atomic mass is 10.1. The molecule has 1 aromatic heterocycles. The second-order valence-electron chi connectivity index (χ2n) is 3.77. The molecule has 3 heteroatoms. The van der Waals surface area contributed by atoms with Crippen molar-refractivity contribution in [3.8, 4) is 0 Å². The van der Waals surface area contributed by atoms with E-state index >= 15 is 0 Å². The molecule has 1 aliphatic heterocycles. The van der Waals surface area contributed by atoms with Gasteiger partial charge in [-0.05, 0) is 13.0 Å². The molecule has 15 heavy (non-hydrogen) atoms. The zero-order chi connectivity index (χ0) is 10.3. The van der Waals surface area contributed by atoms with Gasteiger partial charge in [0.05, 0.1) is 5.37 Å². The van der Waals surface area contributed by atoms with Crippen LogP contribution >= 0.6 is 11.8 Å². The van der Waals surface area contributed by atoms with E-state index < -0.39 is 0 Å². The van der Waals surface area contributed by atoms with Crippen molar-refractivity contribution < 1.29 is 4.42 Å². The Hall–Kier alpha value is -0.930. The minimum Gasteiger partial charge on any atom is -0.461 e. The Morgan fingerprint density at radius 1 is 1.40 bits per heavy atom. The molecule has 0 radical (unpaired) electrons. The number of hydrogen-bond donors (Lipinski definition) is 1. The second kappa shape index (κ2) is 3.58. The molecule has 2 heterocycles. The number of fused-ring (bicyclic) bond motifs is 1. The van der Waals surface area contributed by atoms with E-state index in [9.17, 15) is 0 Å². The summed E-state index contributed by atoms with van der Waals surface area (Å²) in [6.45, 7) is 3.14. The van der Waals surface area contributed by atoms with Gasteiger partial charge >= 0.3 is 0 Å². The van der Waals surface area contributed by atoms with Crippen LogP contribution in [0.1, 0.15) is 16.7 Å². The number of aryl methyl sites for hydroxylation is 1. The first kappa shape index (κ1) is 9.31. The number of benzene rings is 1. The van der Waals surface area contributed by atoms with Gasteiger partial charge in [0, 0.05) is 23.2 Å². The largest absolute Gasteiger partial charge is 0.461 e. The third-order valence-electron chi connectivity index (χ3n) is 2.80. The Morgan fingerprint density at radius 3 is 3.07 bits per heavy atom. The lowest BCUT2D eigenvalue weighted by Gasteiger charge is -2.08. The number of nitrogens with one attached hydrogen (secondary N) is 1. The molecule has 1 aliphatic rings. The summed E-state index contributed by atoms with van der Waals surface area (Å²) < 4.78 is 5.76. The van der Waals surface area contributed by atoms with Crippen LogP contribution in [0.3, 0.4) is 0 Å². The maximum Gasteiger partial charge on any atom is 0.134 e. The fraction of sp³-hybridized carbons (Fsp3) is 0.333. The molecule has 2 aromatic rings. The predicted octanol–water partition coefficient (Wildman–Crippen LogP) is 3.08. The molecule has 0 saturated carbocycles. The molecule has 0 bridgehead atoms. The fourth-order valence-corrected chi connectivity index (χ4v) is 3.29. The summed E-state index contributed by atoms with van der Waals surface area (Å²) in [6.07, 6.45) is 0. The average Bonchev–Trinajstić information content (AvgIpc) is 2.82. The number of furan rings is 1. The standard InChI is InChI=1S/C12H13NOS/c1-8-11(12-13-6-7-15-12)9-4-2-3-5-10(9)14-8/h2-5,12-13H,6-7H2,1H3. The molecular formula is C12H13NOS. The lowest BCUT2D eigenvalue weighted by Crippen LogP contribution is -2.12. The van der Waals surface area contributed by atoms with Gasteiger partial charge in [0.2, 0.25) is 0 Å². The van der Waals surface area contributed by atoms with E-state index in [0.717, 1.165) is 17.9 Å². The minimum atomic E-state index is 0.411. The van der Waals surface area contributed by atoms with Crippen molar-refractivity contribution in [2.45, 2.75) is 12.3 Å². The molecule has 1 saturated heterocycles. The lowest BCUT2D eigenvalue weighted by molar-refractivity contribution is 0.567. The first-order valence-electron chi connectivity index (χ1n) is 5.19. The van der Waals surface area contributed by atoms with Gasteiger partial charge in [-0.1, -0.05) is 18.2 Å². The summed E-state index contributed by atoms with van der Waals surface area (Å²) in [4.78, 5) is 0. The van der Waals surface area contributed by atoms with Crippen LogP contribution in [-0.4, -0.2) is 12.3 Å². The minimum absolute atomic E-state index is 0.411. The number of para-hydroxylation sites is 1. The first-order chi connectivity index (χ1) is 7.36. The number of hydrogen-bond acceptors (Lipinski definition) is 3. The van der Waals surface area contributed by atoms with Crippen molar-refractivity contribution in [3.63, 3.8) is 0 Å². The zero-order valence-electron chi connectivity index (χ0n) is 8.62. The van der Waals surface area contributed by atoms with Crippen molar-refractivity contribution in [1.82, 2.24) is 5.32 Å². The van der Waals surface area contributed by atoms with Gasteiger partial charge in [-0.15, -0.1) is 11.8 Å². The van der Waals surface area contributed by atoms with Crippen LogP contribution in [0.15, 0.2) is 28.7 Å². The zero-order valence-corrected chi connectivity index (χ0v) is 9.43. The molecule has 0 amide bonds. The molecule has 1 aromatic carbocycles. The summed E-state index contributed by atoms with van der Waals surface area (Å²) in [7, 11) is 0. The number of rotatable bonds is 1. The fourth-order valence-electron chi connectivity index (χ4n) is 2.12. The van der Waals surface area contributed by atoms with Gasteiger partial charge in [0.25, 0.3) is 0 Å². The van der Waals surface area contributed by atoms with Crippen molar-refractivity contribution in [3.05, 3.63) is 35.6 Å². The summed E-state index contributed by atoms with van der Waals surface area (Å²) in [5.41, 5.74) is 2.33. The van der Waals surface area contributed by atoms with Crippen LogP contribution < -0.4 is 5.32 Å². The highest BCUT2D eigenvalue weighted by molar-refractivity contribution is 7.99. The van der Waals surface area contributed by atoms with E-state index in [1.807, 2.05) is 23.9 Å². The Morgan fingerprint density at radius 2 is 2.27 bits per heavy atom. The third-order valence-corrected chi connectivity index (χ3v) is 3.97. The van der Waals surface area contributed by atoms with Gasteiger partial charge in [-0.2, -0.15) is 0 Å². The summed E-state index contributed by atoms with van der Waals surface area (Å²) in [5.74, 6) is 2.23. The van der Waals surface area contributed by atoms with Gasteiger partial charge < -0.3 is 9.73 Å². The van der Waals surface area contributed by atoms with Crippen LogP contribution in [0.5, 0.6) is 0 Å². The van der Waals surface area contributed by atoms with Crippen LogP contribution in [-0.2, 0) is 0 Å². The SMILES string of the molecule is Cc1oc2ccccc2c1C1NCCS1. The molecule has 78 valence electrons. The highest BCUT2D eigenvalue weighted by atomic mass is 32.2. The summed E-state index contributed by atoms with van der Waals surface area (Å²) in [5, 5.41) is 5.16. The first-order valence-corrected chi connectivity index (χ1v) is 6.24. The van der Waals surface area contributed by atoms with Crippen molar-refractivity contribution in [2.24, 2.45) is 0 Å². The summed E-state index contributed by atoms with van der Waals surface area (Å²) >= 11 is 1.96. The average molecular weight is 219 g/mol. The topological polar surface area (TPSA) is 25.2 Å². The third kappa shape index (κ3) is 1.46. The van der Waals surface area contributed by atoms with E-state index in [4.69, 9.17) is 4.42 Å². The molecule has 1 unspecified atom stereocenters. The molecule has 1 atom stereocenters. The van der Waals surface area contributed by atoms with Gasteiger partial charge in [0.15, 0.2) is 0 Å². The van der Waals surface area contributed by atoms with Crippen LogP contribution in [0, 0.1) is 6.92 Å². The quantitative estimate of drug-likeness (QED) is 0.798. The second-order valence-corrected chi connectivity index (χ2v) is 4.99. The molecule has 1 fully saturated rings. The Labute approximate surface area is 93.0 Å². The predicted molar refractivity (Wildman–Crippen MR) is 64.2 cm³/mol. The van der Waals surface area contributed by atoms with Crippen molar-refractivity contribution in [1.29, 1.82) is 0 Å². The van der Waals surface area contributed by atoms with Crippen LogP contribution in [0.4, 0.5) is 0 Å². The maximum absolute atomic E-state index is 5.76. The molecular weight excluding hydrogens is 206 g/mol. The molecule has 1 N–H and O–H groups in total. The molecule has 3 rings (SSSR count).